The maximum Gasteiger partial charge on any atom is 0.309 e. The van der Waals surface area contributed by atoms with Gasteiger partial charge in [-0.15, -0.1) is 0 Å². The number of amides is 1. The molecule has 1 saturated heterocycles. The Hall–Kier alpha value is -1.89. The molecule has 6 rings (SSSR count). The minimum absolute atomic E-state index is 0.103. The number of hydrogen-bond donors (Lipinski definition) is 2. The summed E-state index contributed by atoms with van der Waals surface area (Å²) >= 11 is 0. The Morgan fingerprint density at radius 3 is 2.19 bits per heavy atom. The summed E-state index contributed by atoms with van der Waals surface area (Å²) in [6, 6.07) is 0. The Kier molecular flexibility index (Phi) is 12.1. The summed E-state index contributed by atoms with van der Waals surface area (Å²) in [5.41, 5.74) is 5.57. The summed E-state index contributed by atoms with van der Waals surface area (Å²) in [6.45, 7) is 29.4. The van der Waals surface area contributed by atoms with Gasteiger partial charge in [-0.25, -0.2) is 0 Å². The van der Waals surface area contributed by atoms with Crippen molar-refractivity contribution in [1.29, 1.82) is 0 Å². The summed E-state index contributed by atoms with van der Waals surface area (Å²) in [7, 11) is 0. The number of likely N-dealkylation sites (tertiary alicyclic amines) is 1. The largest absolute Gasteiger partial charge is 0.481 e. The van der Waals surface area contributed by atoms with Crippen LogP contribution in [0, 0.1) is 68.0 Å². The van der Waals surface area contributed by atoms with Crippen LogP contribution in [0.3, 0.4) is 0 Å². The molecule has 0 aromatic rings. The van der Waals surface area contributed by atoms with Gasteiger partial charge >= 0.3 is 11.9 Å². The van der Waals surface area contributed by atoms with Gasteiger partial charge in [0.15, 0.2) is 0 Å². The summed E-state index contributed by atoms with van der Waals surface area (Å²) in [6.07, 6.45) is 15.5. The average molecular weight is 739 g/mol. The van der Waals surface area contributed by atoms with Crippen molar-refractivity contribution in [2.45, 2.75) is 172 Å². The van der Waals surface area contributed by atoms with Crippen molar-refractivity contribution in [2.24, 2.45) is 73.7 Å². The zero-order valence-electron chi connectivity index (χ0n) is 35.6. The lowest BCUT2D eigenvalue weighted by atomic mass is 9.32. The molecule has 6 aliphatic rings. The third-order valence-electron chi connectivity index (χ3n) is 17.5. The van der Waals surface area contributed by atoms with Crippen LogP contribution in [0.1, 0.15) is 166 Å². The van der Waals surface area contributed by atoms with Gasteiger partial charge in [0, 0.05) is 24.9 Å². The fourth-order valence-electron chi connectivity index (χ4n) is 14.5. The zero-order valence-corrected chi connectivity index (χ0v) is 35.6. The number of nitrogens with two attached hydrogens (primary N) is 1. The minimum Gasteiger partial charge on any atom is -0.481 e. The van der Waals surface area contributed by atoms with Crippen molar-refractivity contribution >= 4 is 17.8 Å². The van der Waals surface area contributed by atoms with Gasteiger partial charge in [-0.05, 0) is 162 Å². The number of rotatable bonds is 9. The fourth-order valence-corrected chi connectivity index (χ4v) is 14.5. The number of esters is 1. The predicted octanol–water partition coefficient (Wildman–Crippen LogP) is 10.1. The second-order valence-corrected chi connectivity index (χ2v) is 21.1. The topological polar surface area (TPSA) is 110 Å². The van der Waals surface area contributed by atoms with Gasteiger partial charge in [-0.1, -0.05) is 67.0 Å². The van der Waals surface area contributed by atoms with E-state index in [-0.39, 0.29) is 45.6 Å². The van der Waals surface area contributed by atoms with E-state index in [0.29, 0.717) is 41.4 Å². The van der Waals surface area contributed by atoms with Gasteiger partial charge in [0.25, 0.3) is 0 Å². The van der Waals surface area contributed by atoms with E-state index >= 15 is 0 Å². The Bertz CT molecular complexity index is 1390. The molecule has 0 aromatic carbocycles. The summed E-state index contributed by atoms with van der Waals surface area (Å²) in [5.74, 6) is 2.49. The molecule has 0 radical (unpaired) electrons. The van der Waals surface area contributed by atoms with Gasteiger partial charge in [0.05, 0.1) is 11.8 Å². The standard InChI is InChI=1S/C44H71NO5.C2H7N/c1-11-12-29-18-24-45(27-29)35(46)25-44-21-15-30(28(2)3)37(44)31-13-14-33-41(8)19-17-34(50-36(47)26-39(4,5)38(48)49)40(6,7)32(41)16-20-43(33,10)42(31,9)22-23-44;1-2-3/h29-34,37H,2,11-27H2,1,3-10H3,(H,48,49);2-3H2,1H3/t29-,30-,31+,32-,33+,34?,37+,41-,42+,43?,44+;/m0./s1. The molecule has 0 aromatic heterocycles. The summed E-state index contributed by atoms with van der Waals surface area (Å²) in [5, 5.41) is 9.61. The van der Waals surface area contributed by atoms with E-state index in [0.717, 1.165) is 45.3 Å². The molecule has 0 spiro atoms. The SMILES string of the molecule is C=C(C)[C@@H]1CC[C@]2(CC(=O)N3CC[C@H](CCC)C3)CC[C@]3(C)[C@H](CC[C@H]4C3(C)CC[C@H]3C(C)(C)C(OC(=O)CC(C)(C)C(=O)O)CC[C@@]34C)[C@@H]12.CCN. The van der Waals surface area contributed by atoms with Crippen molar-refractivity contribution < 1.29 is 24.2 Å². The van der Waals surface area contributed by atoms with E-state index in [4.69, 9.17) is 10.5 Å². The molecule has 1 aliphatic heterocycles. The van der Waals surface area contributed by atoms with Crippen LogP contribution in [-0.2, 0) is 19.1 Å². The van der Waals surface area contributed by atoms with Gasteiger partial charge in [-0.2, -0.15) is 0 Å². The van der Waals surface area contributed by atoms with Crippen LogP contribution in [0.2, 0.25) is 0 Å². The van der Waals surface area contributed by atoms with E-state index < -0.39 is 11.4 Å². The fraction of sp³-hybridized carbons (Fsp3) is 0.891. The van der Waals surface area contributed by atoms with E-state index in [1.54, 1.807) is 13.8 Å². The highest BCUT2D eigenvalue weighted by molar-refractivity contribution is 5.81. The number of ether oxygens (including phenoxy) is 1. The third-order valence-corrected chi connectivity index (χ3v) is 17.5. The van der Waals surface area contributed by atoms with Gasteiger partial charge < -0.3 is 20.5 Å². The normalized spacial score (nSPS) is 41.5. The highest BCUT2D eigenvalue weighted by Gasteiger charge is 2.71. The molecular formula is C46H78N2O5. The van der Waals surface area contributed by atoms with Crippen LogP contribution in [0.5, 0.6) is 0 Å². The smallest absolute Gasteiger partial charge is 0.309 e. The first kappa shape index (κ1) is 42.3. The zero-order chi connectivity index (χ0) is 39.4. The van der Waals surface area contributed by atoms with Gasteiger partial charge in [0.2, 0.25) is 5.91 Å². The molecule has 6 fully saturated rings. The highest BCUT2D eigenvalue weighted by atomic mass is 16.5. The molecule has 5 aliphatic carbocycles. The number of fused-ring (bicyclic) bond motifs is 7. The Balaban J connectivity index is 0.00000175. The van der Waals surface area contributed by atoms with Crippen molar-refractivity contribution in [2.75, 3.05) is 19.6 Å². The van der Waals surface area contributed by atoms with E-state index in [1.165, 1.54) is 69.8 Å². The summed E-state index contributed by atoms with van der Waals surface area (Å²) in [4.78, 5) is 41.2. The second kappa shape index (κ2) is 15.2. The molecule has 302 valence electrons. The van der Waals surface area contributed by atoms with Crippen LogP contribution in [0.4, 0.5) is 0 Å². The molecule has 7 heteroatoms. The minimum atomic E-state index is -1.13. The van der Waals surface area contributed by atoms with E-state index in [2.05, 4.69) is 59.9 Å². The molecule has 11 atom stereocenters. The number of aliphatic carboxylic acids is 1. The number of carboxylic acid groups (broad SMARTS) is 1. The van der Waals surface area contributed by atoms with Crippen LogP contribution < -0.4 is 5.73 Å². The Morgan fingerprint density at radius 1 is 0.887 bits per heavy atom. The maximum atomic E-state index is 14.1. The highest BCUT2D eigenvalue weighted by Crippen LogP contribution is 2.78. The lowest BCUT2D eigenvalue weighted by Gasteiger charge is -2.73. The van der Waals surface area contributed by atoms with Crippen molar-refractivity contribution in [3.8, 4) is 0 Å². The maximum absolute atomic E-state index is 14.1. The number of nitrogens with zero attached hydrogens (tertiary/aromatic N) is 1. The molecule has 1 amide bonds. The van der Waals surface area contributed by atoms with Gasteiger partial charge in [0.1, 0.15) is 6.10 Å². The lowest BCUT2D eigenvalue weighted by molar-refractivity contribution is -0.250. The van der Waals surface area contributed by atoms with Crippen molar-refractivity contribution in [3.63, 3.8) is 0 Å². The number of carboxylic acids is 1. The first-order chi connectivity index (χ1) is 24.7. The van der Waals surface area contributed by atoms with Crippen LogP contribution >= 0.6 is 0 Å². The van der Waals surface area contributed by atoms with E-state index in [1.807, 2.05) is 6.92 Å². The summed E-state index contributed by atoms with van der Waals surface area (Å²) < 4.78 is 6.19. The molecule has 0 bridgehead atoms. The molecule has 7 nitrogen and oxygen atoms in total. The van der Waals surface area contributed by atoms with Crippen molar-refractivity contribution in [1.82, 2.24) is 4.90 Å². The molecule has 5 saturated carbocycles. The Labute approximate surface area is 323 Å². The first-order valence-corrected chi connectivity index (χ1v) is 21.7. The number of carbonyl (C=O) groups is 3. The molecule has 1 heterocycles. The second-order valence-electron chi connectivity index (χ2n) is 21.1. The lowest BCUT2D eigenvalue weighted by Crippen LogP contribution is -2.67. The molecule has 2 unspecified atom stereocenters. The predicted molar refractivity (Wildman–Crippen MR) is 214 cm³/mol. The number of allylic oxidation sites excluding steroid dienone is 1. The van der Waals surface area contributed by atoms with Crippen LogP contribution in [0.15, 0.2) is 12.2 Å². The average Bonchev–Trinajstić information content (AvgIpc) is 3.69. The third kappa shape index (κ3) is 7.18. The van der Waals surface area contributed by atoms with Crippen LogP contribution in [0.25, 0.3) is 0 Å². The quantitative estimate of drug-likeness (QED) is 0.180. The molecule has 53 heavy (non-hydrogen) atoms. The van der Waals surface area contributed by atoms with Crippen LogP contribution in [-0.4, -0.2) is 53.6 Å². The van der Waals surface area contributed by atoms with E-state index in [9.17, 15) is 19.5 Å². The molecule has 3 N–H and O–H groups in total. The molecular weight excluding hydrogens is 661 g/mol. The number of hydrogen-bond acceptors (Lipinski definition) is 5. The monoisotopic (exact) mass is 739 g/mol. The van der Waals surface area contributed by atoms with Gasteiger partial charge in [-0.3, -0.25) is 14.4 Å². The Morgan fingerprint density at radius 2 is 1.57 bits per heavy atom. The van der Waals surface area contributed by atoms with Crippen molar-refractivity contribution in [3.05, 3.63) is 12.2 Å². The first-order valence-electron chi connectivity index (χ1n) is 21.7. The number of carbonyl (C=O) groups excluding carboxylic acids is 2.